The molecule has 5 heteroatoms. The third kappa shape index (κ3) is 2.58. The molecule has 2 amide bonds. The van der Waals surface area contributed by atoms with Crippen LogP contribution in [0.5, 0.6) is 0 Å². The van der Waals surface area contributed by atoms with Crippen LogP contribution in [0.1, 0.15) is 24.0 Å². The molecule has 1 heterocycles. The Morgan fingerprint density at radius 3 is 1.79 bits per heavy atom. The Morgan fingerprint density at radius 2 is 1.28 bits per heavy atom. The highest BCUT2D eigenvalue weighted by Crippen LogP contribution is 2.72. The summed E-state index contributed by atoms with van der Waals surface area (Å²) in [6.45, 7) is 0. The Morgan fingerprint density at radius 1 is 0.759 bits per heavy atom. The van der Waals surface area contributed by atoms with Crippen molar-refractivity contribution in [3.8, 4) is 0 Å². The minimum Gasteiger partial charge on any atom is -0.274 e. The maximum absolute atomic E-state index is 13.7. The molecule has 3 aromatic carbocycles. The molecule has 29 heavy (non-hydrogen) atoms. The zero-order valence-electron chi connectivity index (χ0n) is 15.4. The Bertz CT molecular complexity index is 1070. The van der Waals surface area contributed by atoms with Crippen molar-refractivity contribution in [2.75, 3.05) is 4.90 Å². The van der Waals surface area contributed by atoms with Gasteiger partial charge < -0.3 is 0 Å². The van der Waals surface area contributed by atoms with Crippen LogP contribution in [-0.4, -0.2) is 11.8 Å². The molecule has 0 N–H and O–H groups in total. The van der Waals surface area contributed by atoms with Crippen LogP contribution in [0.2, 0.25) is 10.0 Å². The molecule has 144 valence electrons. The summed E-state index contributed by atoms with van der Waals surface area (Å²) in [6, 6.07) is 24.8. The summed E-state index contributed by atoms with van der Waals surface area (Å²) in [5, 5.41) is 0.782. The van der Waals surface area contributed by atoms with Crippen LogP contribution in [0.4, 0.5) is 5.69 Å². The van der Waals surface area contributed by atoms with E-state index in [1.54, 1.807) is 18.2 Å². The number of imide groups is 1. The molecule has 0 radical (unpaired) electrons. The van der Waals surface area contributed by atoms with Crippen LogP contribution in [0, 0.1) is 5.41 Å². The van der Waals surface area contributed by atoms with Gasteiger partial charge >= 0.3 is 0 Å². The summed E-state index contributed by atoms with van der Waals surface area (Å²) in [5.74, 6) is -0.407. The van der Waals surface area contributed by atoms with Crippen molar-refractivity contribution in [3.05, 3.63) is 100 Å². The van der Waals surface area contributed by atoms with Crippen LogP contribution >= 0.6 is 23.2 Å². The van der Waals surface area contributed by atoms with Gasteiger partial charge in [0.1, 0.15) is 0 Å². The van der Waals surface area contributed by atoms with Crippen LogP contribution in [0.25, 0.3) is 0 Å². The second-order valence-corrected chi connectivity index (χ2v) is 8.61. The van der Waals surface area contributed by atoms with Crippen LogP contribution < -0.4 is 4.90 Å². The number of anilines is 1. The first kappa shape index (κ1) is 18.4. The lowest BCUT2D eigenvalue weighted by atomic mass is 9.79. The third-order valence-corrected chi connectivity index (χ3v) is 6.65. The van der Waals surface area contributed by atoms with Crippen molar-refractivity contribution in [2.24, 2.45) is 5.41 Å². The number of rotatable bonds is 3. The summed E-state index contributed by atoms with van der Waals surface area (Å²) in [4.78, 5) is 28.0. The van der Waals surface area contributed by atoms with Gasteiger partial charge in [0.2, 0.25) is 11.8 Å². The Labute approximate surface area is 178 Å². The average molecular weight is 422 g/mol. The van der Waals surface area contributed by atoms with Crippen LogP contribution in [0.15, 0.2) is 78.9 Å². The Hall–Kier alpha value is -2.62. The molecule has 5 rings (SSSR count). The Balaban J connectivity index is 1.64. The fourth-order valence-electron chi connectivity index (χ4n) is 4.92. The van der Waals surface area contributed by atoms with Crippen molar-refractivity contribution in [3.63, 3.8) is 0 Å². The van der Waals surface area contributed by atoms with E-state index in [9.17, 15) is 9.59 Å². The first-order valence-electron chi connectivity index (χ1n) is 9.42. The van der Waals surface area contributed by atoms with Crippen molar-refractivity contribution in [1.29, 1.82) is 0 Å². The van der Waals surface area contributed by atoms with Gasteiger partial charge in [-0.2, -0.15) is 0 Å². The molecule has 1 aliphatic carbocycles. The Kier molecular flexibility index (Phi) is 4.09. The minimum absolute atomic E-state index is 0.166. The summed E-state index contributed by atoms with van der Waals surface area (Å²) >= 11 is 12.2. The van der Waals surface area contributed by atoms with E-state index in [1.807, 2.05) is 60.7 Å². The highest BCUT2D eigenvalue weighted by molar-refractivity contribution is 6.36. The zero-order valence-corrected chi connectivity index (χ0v) is 17.0. The van der Waals surface area contributed by atoms with Gasteiger partial charge in [0.25, 0.3) is 0 Å². The second kappa shape index (κ2) is 6.45. The topological polar surface area (TPSA) is 37.4 Å². The maximum Gasteiger partial charge on any atom is 0.241 e. The number of hydrogen-bond acceptors (Lipinski definition) is 2. The predicted molar refractivity (Wildman–Crippen MR) is 114 cm³/mol. The number of halogens is 2. The predicted octanol–water partition coefficient (Wildman–Crippen LogP) is 5.63. The van der Waals surface area contributed by atoms with E-state index in [0.29, 0.717) is 22.2 Å². The lowest BCUT2D eigenvalue weighted by molar-refractivity contribution is -0.123. The number of carbonyl (C=O) groups excluding carboxylic acids is 2. The monoisotopic (exact) mass is 421 g/mol. The maximum atomic E-state index is 13.7. The van der Waals surface area contributed by atoms with E-state index >= 15 is 0 Å². The third-order valence-electron chi connectivity index (χ3n) is 6.21. The molecule has 1 spiro atoms. The molecule has 0 bridgehead atoms. The number of benzene rings is 3. The molecule has 1 atom stereocenters. The summed E-state index contributed by atoms with van der Waals surface area (Å²) < 4.78 is 0. The van der Waals surface area contributed by atoms with Crippen molar-refractivity contribution >= 4 is 40.7 Å². The van der Waals surface area contributed by atoms with E-state index in [4.69, 9.17) is 23.2 Å². The van der Waals surface area contributed by atoms with Gasteiger partial charge in [0.15, 0.2) is 0 Å². The molecule has 1 aliphatic heterocycles. The lowest BCUT2D eigenvalue weighted by Gasteiger charge is -2.23. The lowest BCUT2D eigenvalue weighted by Crippen LogP contribution is -2.33. The van der Waals surface area contributed by atoms with Crippen molar-refractivity contribution in [1.82, 2.24) is 0 Å². The molecule has 3 aromatic rings. The van der Waals surface area contributed by atoms with Gasteiger partial charge in [-0.1, -0.05) is 83.9 Å². The molecule has 1 saturated carbocycles. The van der Waals surface area contributed by atoms with Crippen LogP contribution in [-0.2, 0) is 15.0 Å². The first-order valence-corrected chi connectivity index (χ1v) is 10.2. The van der Waals surface area contributed by atoms with Crippen LogP contribution in [0.3, 0.4) is 0 Å². The molecule has 2 aliphatic rings. The van der Waals surface area contributed by atoms with Gasteiger partial charge in [0, 0.05) is 21.9 Å². The van der Waals surface area contributed by atoms with Gasteiger partial charge in [-0.25, -0.2) is 4.90 Å². The SMILES string of the molecule is O=C1C[C@@]2(CC2(c2ccccc2)c2ccccc2)C(=O)N1c1cc(Cl)cc(Cl)c1. The first-order chi connectivity index (χ1) is 14.0. The minimum atomic E-state index is -0.790. The van der Waals surface area contributed by atoms with Gasteiger partial charge in [-0.3, -0.25) is 9.59 Å². The van der Waals surface area contributed by atoms with E-state index in [1.165, 1.54) is 4.90 Å². The smallest absolute Gasteiger partial charge is 0.241 e. The van der Waals surface area contributed by atoms with E-state index in [-0.39, 0.29) is 18.2 Å². The largest absolute Gasteiger partial charge is 0.274 e. The standard InChI is InChI=1S/C24H17Cl2NO2/c25-18-11-19(26)13-20(12-18)27-21(28)14-23(22(27)29)15-24(23,16-7-3-1-4-8-16)17-9-5-2-6-10-17/h1-13H,14-15H2/t23-/m1/s1. The second-order valence-electron chi connectivity index (χ2n) is 7.73. The summed E-state index contributed by atoms with van der Waals surface area (Å²) in [7, 11) is 0. The molecule has 0 aromatic heterocycles. The molecular weight excluding hydrogens is 405 g/mol. The zero-order chi connectivity index (χ0) is 20.2. The molecule has 1 saturated heterocycles. The van der Waals surface area contributed by atoms with E-state index in [0.717, 1.165) is 11.1 Å². The highest BCUT2D eigenvalue weighted by atomic mass is 35.5. The quantitative estimate of drug-likeness (QED) is 0.513. The van der Waals surface area contributed by atoms with Gasteiger partial charge in [-0.15, -0.1) is 0 Å². The van der Waals surface area contributed by atoms with E-state index < -0.39 is 10.8 Å². The van der Waals surface area contributed by atoms with Crippen molar-refractivity contribution < 1.29 is 9.59 Å². The number of nitrogens with zero attached hydrogens (tertiary/aromatic N) is 1. The average Bonchev–Trinajstić information content (AvgIpc) is 3.32. The number of amides is 2. The fraction of sp³-hybridized carbons (Fsp3) is 0.167. The van der Waals surface area contributed by atoms with Crippen molar-refractivity contribution in [2.45, 2.75) is 18.3 Å². The summed E-state index contributed by atoms with van der Waals surface area (Å²) in [5.41, 5.74) is 1.23. The number of hydrogen-bond donors (Lipinski definition) is 0. The van der Waals surface area contributed by atoms with Gasteiger partial charge in [0.05, 0.1) is 11.1 Å². The summed E-state index contributed by atoms with van der Waals surface area (Å²) in [6.07, 6.45) is 0.767. The molecule has 2 fully saturated rings. The fourth-order valence-corrected chi connectivity index (χ4v) is 5.43. The molecular formula is C24H17Cl2NO2. The number of carbonyl (C=O) groups is 2. The van der Waals surface area contributed by atoms with E-state index in [2.05, 4.69) is 0 Å². The molecule has 0 unspecified atom stereocenters. The molecule has 3 nitrogen and oxygen atoms in total. The van der Waals surface area contributed by atoms with Gasteiger partial charge in [-0.05, 0) is 35.7 Å². The highest BCUT2D eigenvalue weighted by Gasteiger charge is 2.77. The normalized spacial score (nSPS) is 22.3.